The fraction of sp³-hybridized carbons (Fsp3) is 0.550. The SMILES string of the molecule is O=C(O)C(F)(F)F.c1ccc(CCC2CN(Cc3nnc(C4CNC4)s3)CCO2)cc1. The number of hydrogen-bond donors (Lipinski definition) is 2. The van der Waals surface area contributed by atoms with Crippen molar-refractivity contribution in [3.8, 4) is 0 Å². The predicted octanol–water partition coefficient (Wildman–Crippen LogP) is 2.69. The second-order valence-corrected chi connectivity index (χ2v) is 8.54. The lowest BCUT2D eigenvalue weighted by Crippen LogP contribution is -2.42. The molecule has 2 saturated heterocycles. The second-order valence-electron chi connectivity index (χ2n) is 7.44. The van der Waals surface area contributed by atoms with Crippen molar-refractivity contribution >= 4 is 17.3 Å². The highest BCUT2D eigenvalue weighted by Gasteiger charge is 2.38. The average Bonchev–Trinajstić information content (AvgIpc) is 3.13. The number of carbonyl (C=O) groups is 1. The summed E-state index contributed by atoms with van der Waals surface area (Å²) < 4.78 is 37.7. The molecular formula is C20H25F3N4O3S. The molecule has 0 radical (unpaired) electrons. The second kappa shape index (κ2) is 11.0. The highest BCUT2D eigenvalue weighted by Crippen LogP contribution is 2.24. The number of benzene rings is 1. The number of morpholine rings is 1. The van der Waals surface area contributed by atoms with Gasteiger partial charge in [0, 0.05) is 32.1 Å². The Kier molecular flexibility index (Phi) is 8.35. The number of nitrogens with one attached hydrogen (secondary N) is 1. The van der Waals surface area contributed by atoms with Crippen LogP contribution in [0.25, 0.3) is 0 Å². The van der Waals surface area contributed by atoms with E-state index in [1.54, 1.807) is 11.3 Å². The van der Waals surface area contributed by atoms with E-state index in [1.807, 2.05) is 0 Å². The van der Waals surface area contributed by atoms with Gasteiger partial charge in [-0.1, -0.05) is 41.7 Å². The Morgan fingerprint density at radius 2 is 1.97 bits per heavy atom. The van der Waals surface area contributed by atoms with Crippen LogP contribution >= 0.6 is 11.3 Å². The van der Waals surface area contributed by atoms with Crippen molar-refractivity contribution in [3.63, 3.8) is 0 Å². The van der Waals surface area contributed by atoms with Gasteiger partial charge in [0.2, 0.25) is 0 Å². The van der Waals surface area contributed by atoms with Crippen LogP contribution in [0.5, 0.6) is 0 Å². The molecule has 4 rings (SSSR count). The molecule has 1 atom stereocenters. The van der Waals surface area contributed by atoms with Crippen LogP contribution < -0.4 is 5.32 Å². The standard InChI is InChI=1S/C18H24N4OS.C2HF3O2/c1-2-4-14(5-3-1)6-7-16-12-22(8-9-23-16)13-17-20-21-18(24-17)15-10-19-11-15;3-2(4,5)1(6)7/h1-5,15-16,19H,6-13H2;(H,6,7). The fourth-order valence-corrected chi connectivity index (χ4v) is 4.21. The third kappa shape index (κ3) is 7.53. The van der Waals surface area contributed by atoms with Crippen molar-refractivity contribution in [2.24, 2.45) is 0 Å². The van der Waals surface area contributed by atoms with Gasteiger partial charge in [-0.15, -0.1) is 10.2 Å². The number of halogens is 3. The van der Waals surface area contributed by atoms with Crippen molar-refractivity contribution in [2.75, 3.05) is 32.8 Å². The van der Waals surface area contributed by atoms with E-state index in [-0.39, 0.29) is 0 Å². The molecule has 2 aliphatic rings. The van der Waals surface area contributed by atoms with E-state index in [2.05, 4.69) is 50.7 Å². The van der Waals surface area contributed by atoms with Crippen molar-refractivity contribution in [1.82, 2.24) is 20.4 Å². The van der Waals surface area contributed by atoms with E-state index in [9.17, 15) is 13.2 Å². The summed E-state index contributed by atoms with van der Waals surface area (Å²) in [6.07, 6.45) is -2.60. The number of aryl methyl sites for hydroxylation is 1. The van der Waals surface area contributed by atoms with Gasteiger partial charge < -0.3 is 15.2 Å². The molecule has 1 aromatic heterocycles. The first kappa shape index (κ1) is 23.6. The summed E-state index contributed by atoms with van der Waals surface area (Å²) in [5.41, 5.74) is 1.39. The van der Waals surface area contributed by atoms with Crippen LogP contribution in [0, 0.1) is 0 Å². The first-order valence-electron chi connectivity index (χ1n) is 10.0. The van der Waals surface area contributed by atoms with E-state index >= 15 is 0 Å². The topological polar surface area (TPSA) is 87.6 Å². The molecule has 2 aliphatic heterocycles. The Bertz CT molecular complexity index is 831. The molecule has 1 unspecified atom stereocenters. The third-order valence-electron chi connectivity index (χ3n) is 5.04. The zero-order valence-electron chi connectivity index (χ0n) is 16.8. The van der Waals surface area contributed by atoms with Crippen LogP contribution in [0.4, 0.5) is 13.2 Å². The molecule has 2 N–H and O–H groups in total. The van der Waals surface area contributed by atoms with E-state index < -0.39 is 12.1 Å². The summed E-state index contributed by atoms with van der Waals surface area (Å²) in [5.74, 6) is -2.17. The van der Waals surface area contributed by atoms with E-state index in [0.29, 0.717) is 12.0 Å². The molecule has 170 valence electrons. The normalized spacial score (nSPS) is 19.9. The molecule has 3 heterocycles. The Morgan fingerprint density at radius 3 is 2.58 bits per heavy atom. The van der Waals surface area contributed by atoms with Gasteiger partial charge >= 0.3 is 12.1 Å². The zero-order chi connectivity index (χ0) is 22.3. The molecule has 1 aromatic carbocycles. The van der Waals surface area contributed by atoms with E-state index in [0.717, 1.165) is 57.2 Å². The minimum atomic E-state index is -5.08. The summed E-state index contributed by atoms with van der Waals surface area (Å²) in [6.45, 7) is 5.80. The lowest BCUT2D eigenvalue weighted by molar-refractivity contribution is -0.192. The number of nitrogens with zero attached hydrogens (tertiary/aromatic N) is 3. The van der Waals surface area contributed by atoms with Crippen LogP contribution in [-0.2, 0) is 22.5 Å². The van der Waals surface area contributed by atoms with Crippen molar-refractivity contribution in [2.45, 2.75) is 37.6 Å². The summed E-state index contributed by atoms with van der Waals surface area (Å²) in [4.78, 5) is 11.4. The van der Waals surface area contributed by atoms with Crippen LogP contribution in [0.1, 0.15) is 27.9 Å². The molecule has 0 saturated carbocycles. The first-order chi connectivity index (χ1) is 14.8. The Morgan fingerprint density at radius 1 is 1.26 bits per heavy atom. The number of aliphatic carboxylic acids is 1. The van der Waals surface area contributed by atoms with Gasteiger partial charge in [-0.05, 0) is 18.4 Å². The van der Waals surface area contributed by atoms with Crippen LogP contribution in [0.15, 0.2) is 30.3 Å². The highest BCUT2D eigenvalue weighted by molar-refractivity contribution is 7.11. The number of rotatable bonds is 6. The number of alkyl halides is 3. The smallest absolute Gasteiger partial charge is 0.475 e. The highest BCUT2D eigenvalue weighted by atomic mass is 32.1. The van der Waals surface area contributed by atoms with E-state index in [1.165, 1.54) is 10.6 Å². The molecule has 0 spiro atoms. The summed E-state index contributed by atoms with van der Waals surface area (Å²) >= 11 is 1.78. The Labute approximate surface area is 182 Å². The molecule has 31 heavy (non-hydrogen) atoms. The molecule has 0 aliphatic carbocycles. The molecule has 0 bridgehead atoms. The lowest BCUT2D eigenvalue weighted by atomic mass is 10.1. The van der Waals surface area contributed by atoms with Gasteiger partial charge in [-0.25, -0.2) is 4.79 Å². The lowest BCUT2D eigenvalue weighted by Gasteiger charge is -2.32. The summed E-state index contributed by atoms with van der Waals surface area (Å²) in [5, 5.41) is 21.5. The van der Waals surface area contributed by atoms with Gasteiger partial charge in [0.05, 0.1) is 19.3 Å². The number of hydrogen-bond acceptors (Lipinski definition) is 7. The van der Waals surface area contributed by atoms with Crippen molar-refractivity contribution in [1.29, 1.82) is 0 Å². The molecule has 7 nitrogen and oxygen atoms in total. The number of ether oxygens (including phenoxy) is 1. The average molecular weight is 459 g/mol. The maximum absolute atomic E-state index is 10.6. The van der Waals surface area contributed by atoms with Gasteiger partial charge in [0.1, 0.15) is 10.0 Å². The number of carboxylic acids is 1. The molecular weight excluding hydrogens is 433 g/mol. The largest absolute Gasteiger partial charge is 0.490 e. The van der Waals surface area contributed by atoms with E-state index in [4.69, 9.17) is 14.6 Å². The quantitative estimate of drug-likeness (QED) is 0.688. The predicted molar refractivity (Wildman–Crippen MR) is 109 cm³/mol. The van der Waals surface area contributed by atoms with Crippen molar-refractivity contribution < 1.29 is 27.8 Å². The summed E-state index contributed by atoms with van der Waals surface area (Å²) in [7, 11) is 0. The Hall–Kier alpha value is -2.08. The Balaban J connectivity index is 0.000000339. The van der Waals surface area contributed by atoms with Crippen LogP contribution in [0.3, 0.4) is 0 Å². The van der Waals surface area contributed by atoms with Gasteiger partial charge in [0.15, 0.2) is 0 Å². The molecule has 2 aromatic rings. The molecule has 11 heteroatoms. The summed E-state index contributed by atoms with van der Waals surface area (Å²) in [6, 6.07) is 10.7. The van der Waals surface area contributed by atoms with Crippen LogP contribution in [0.2, 0.25) is 0 Å². The number of carboxylic acid groups (broad SMARTS) is 1. The monoisotopic (exact) mass is 458 g/mol. The van der Waals surface area contributed by atoms with Crippen molar-refractivity contribution in [3.05, 3.63) is 45.9 Å². The first-order valence-corrected chi connectivity index (χ1v) is 10.8. The molecule has 2 fully saturated rings. The third-order valence-corrected chi connectivity index (χ3v) is 6.11. The van der Waals surface area contributed by atoms with Gasteiger partial charge in [-0.2, -0.15) is 13.2 Å². The van der Waals surface area contributed by atoms with Crippen LogP contribution in [-0.4, -0.2) is 71.2 Å². The van der Waals surface area contributed by atoms with Gasteiger partial charge in [-0.3, -0.25) is 4.90 Å². The minimum Gasteiger partial charge on any atom is -0.475 e. The fourth-order valence-electron chi connectivity index (χ4n) is 3.22. The maximum atomic E-state index is 10.6. The van der Waals surface area contributed by atoms with Gasteiger partial charge in [0.25, 0.3) is 0 Å². The maximum Gasteiger partial charge on any atom is 0.490 e. The number of aromatic nitrogens is 2. The zero-order valence-corrected chi connectivity index (χ0v) is 17.7. The molecule has 0 amide bonds. The minimum absolute atomic E-state index is 0.321.